The molecule has 0 amide bonds. The molecule has 0 spiro atoms. The van der Waals surface area contributed by atoms with E-state index < -0.39 is 10.2 Å². The highest BCUT2D eigenvalue weighted by Crippen LogP contribution is 2.19. The van der Waals surface area contributed by atoms with Gasteiger partial charge in [-0.2, -0.15) is 17.0 Å². The van der Waals surface area contributed by atoms with Crippen molar-refractivity contribution in [2.75, 3.05) is 53.9 Å². The van der Waals surface area contributed by atoms with Crippen molar-refractivity contribution in [3.05, 3.63) is 0 Å². The lowest BCUT2D eigenvalue weighted by molar-refractivity contribution is 0.258. The van der Waals surface area contributed by atoms with Gasteiger partial charge in [-0.15, -0.1) is 0 Å². The summed E-state index contributed by atoms with van der Waals surface area (Å²) in [5.74, 6) is 0.475. The monoisotopic (exact) mass is 278 g/mol. The maximum Gasteiger partial charge on any atom is 0.281 e. The third kappa shape index (κ3) is 4.17. The Bertz CT molecular complexity index is 337. The summed E-state index contributed by atoms with van der Waals surface area (Å²) in [6.45, 7) is 3.10. The van der Waals surface area contributed by atoms with Gasteiger partial charge >= 0.3 is 0 Å². The summed E-state index contributed by atoms with van der Waals surface area (Å²) in [7, 11) is 2.23. The highest BCUT2D eigenvalue weighted by atomic mass is 32.2. The van der Waals surface area contributed by atoms with E-state index in [1.807, 2.05) is 19.0 Å². The molecule has 1 aliphatic rings. The first kappa shape index (κ1) is 15.8. The van der Waals surface area contributed by atoms with E-state index in [0.717, 1.165) is 19.4 Å². The summed E-state index contributed by atoms with van der Waals surface area (Å²) in [5, 5.41) is 0. The summed E-state index contributed by atoms with van der Waals surface area (Å²) in [6, 6.07) is 0. The fourth-order valence-electron chi connectivity index (χ4n) is 2.03. The molecule has 0 aromatic carbocycles. The van der Waals surface area contributed by atoms with Gasteiger partial charge < -0.3 is 10.6 Å². The smallest absolute Gasteiger partial charge is 0.281 e. The number of nitrogens with two attached hydrogens (primary N) is 1. The molecule has 6 nitrogen and oxygen atoms in total. The van der Waals surface area contributed by atoms with Crippen LogP contribution in [-0.4, -0.2) is 75.8 Å². The largest absolute Gasteiger partial charge is 0.330 e. The SMILES string of the molecule is CN(C)CCN(C)S(=O)(=O)N1CCC(CN)CC1. The molecule has 0 unspecified atom stereocenters. The molecule has 1 saturated heterocycles. The van der Waals surface area contributed by atoms with Crippen LogP contribution in [0.4, 0.5) is 0 Å². The zero-order chi connectivity index (χ0) is 13.8. The van der Waals surface area contributed by atoms with Gasteiger partial charge in [0.2, 0.25) is 0 Å². The molecule has 0 aromatic rings. The third-order valence-corrected chi connectivity index (χ3v) is 5.48. The third-order valence-electron chi connectivity index (χ3n) is 3.49. The molecular formula is C11H26N4O2S. The Balaban J connectivity index is 2.53. The van der Waals surface area contributed by atoms with Crippen molar-refractivity contribution in [1.29, 1.82) is 0 Å². The van der Waals surface area contributed by atoms with Gasteiger partial charge in [0.05, 0.1) is 0 Å². The van der Waals surface area contributed by atoms with E-state index in [2.05, 4.69) is 0 Å². The van der Waals surface area contributed by atoms with Gasteiger partial charge in [-0.05, 0) is 39.4 Å². The Labute approximate surface area is 111 Å². The Hall–Kier alpha value is -0.210. The molecule has 1 fully saturated rings. The summed E-state index contributed by atoms with van der Waals surface area (Å²) in [5.41, 5.74) is 5.61. The Morgan fingerprint density at radius 2 is 1.72 bits per heavy atom. The molecule has 0 aliphatic carbocycles. The fourth-order valence-corrected chi connectivity index (χ4v) is 3.41. The summed E-state index contributed by atoms with van der Waals surface area (Å²) < 4.78 is 27.6. The van der Waals surface area contributed by atoms with Crippen LogP contribution < -0.4 is 5.73 Å². The number of rotatable bonds is 6. The molecule has 2 N–H and O–H groups in total. The minimum absolute atomic E-state index is 0.475. The molecule has 18 heavy (non-hydrogen) atoms. The van der Waals surface area contributed by atoms with Gasteiger partial charge in [0.1, 0.15) is 0 Å². The molecule has 0 bridgehead atoms. The van der Waals surface area contributed by atoms with Crippen LogP contribution in [0.1, 0.15) is 12.8 Å². The molecule has 1 heterocycles. The Kier molecular flexibility index (Phi) is 6.00. The second-order valence-electron chi connectivity index (χ2n) is 5.21. The lowest BCUT2D eigenvalue weighted by atomic mass is 9.99. The van der Waals surface area contributed by atoms with Crippen LogP contribution >= 0.6 is 0 Å². The maximum atomic E-state index is 12.3. The lowest BCUT2D eigenvalue weighted by Gasteiger charge is -2.33. The Morgan fingerprint density at radius 1 is 1.17 bits per heavy atom. The average molecular weight is 278 g/mol. The minimum atomic E-state index is -3.29. The average Bonchev–Trinajstić information content (AvgIpc) is 2.35. The summed E-state index contributed by atoms with van der Waals surface area (Å²) >= 11 is 0. The molecule has 1 rings (SSSR count). The van der Waals surface area contributed by atoms with Gasteiger partial charge in [-0.3, -0.25) is 0 Å². The van der Waals surface area contributed by atoms with Crippen molar-refractivity contribution in [2.24, 2.45) is 11.7 Å². The van der Waals surface area contributed by atoms with E-state index in [1.54, 1.807) is 11.4 Å². The highest BCUT2D eigenvalue weighted by molar-refractivity contribution is 7.86. The maximum absolute atomic E-state index is 12.3. The summed E-state index contributed by atoms with van der Waals surface area (Å²) in [6.07, 6.45) is 1.74. The van der Waals surface area contributed by atoms with Crippen LogP contribution in [0.5, 0.6) is 0 Å². The highest BCUT2D eigenvalue weighted by Gasteiger charge is 2.30. The number of hydrogen-bond acceptors (Lipinski definition) is 4. The number of piperidine rings is 1. The van der Waals surface area contributed by atoms with E-state index in [1.165, 1.54) is 4.31 Å². The van der Waals surface area contributed by atoms with Gasteiger partial charge in [-0.25, -0.2) is 0 Å². The molecule has 0 saturated carbocycles. The quantitative estimate of drug-likeness (QED) is 0.704. The predicted octanol–water partition coefficient (Wildman–Crippen LogP) is -0.605. The normalized spacial score (nSPS) is 19.9. The van der Waals surface area contributed by atoms with Crippen LogP contribution in [-0.2, 0) is 10.2 Å². The second kappa shape index (κ2) is 6.81. The van der Waals surface area contributed by atoms with Crippen LogP contribution in [0, 0.1) is 5.92 Å². The molecule has 108 valence electrons. The van der Waals surface area contributed by atoms with Crippen molar-refractivity contribution >= 4 is 10.2 Å². The van der Waals surface area contributed by atoms with Gasteiger partial charge in [0.25, 0.3) is 10.2 Å². The Morgan fingerprint density at radius 3 is 2.17 bits per heavy atom. The zero-order valence-corrected chi connectivity index (χ0v) is 12.5. The fraction of sp³-hybridized carbons (Fsp3) is 1.00. The van der Waals surface area contributed by atoms with Crippen molar-refractivity contribution < 1.29 is 8.42 Å². The minimum Gasteiger partial charge on any atom is -0.330 e. The first-order valence-corrected chi connectivity index (χ1v) is 7.83. The van der Waals surface area contributed by atoms with Gasteiger partial charge in [0, 0.05) is 33.2 Å². The molecule has 0 atom stereocenters. The van der Waals surface area contributed by atoms with Crippen LogP contribution in [0.15, 0.2) is 0 Å². The lowest BCUT2D eigenvalue weighted by Crippen LogP contribution is -2.47. The predicted molar refractivity (Wildman–Crippen MR) is 73.5 cm³/mol. The standard InChI is InChI=1S/C11H26N4O2S/c1-13(2)8-9-14(3)18(16,17)15-6-4-11(10-12)5-7-15/h11H,4-10,12H2,1-3H3. The molecule has 0 aromatic heterocycles. The van der Waals surface area contributed by atoms with E-state index >= 15 is 0 Å². The van der Waals surface area contributed by atoms with E-state index in [4.69, 9.17) is 5.73 Å². The van der Waals surface area contributed by atoms with Gasteiger partial charge in [0.15, 0.2) is 0 Å². The van der Waals surface area contributed by atoms with Crippen LogP contribution in [0.3, 0.4) is 0 Å². The molecule has 0 radical (unpaired) electrons. The van der Waals surface area contributed by atoms with Crippen molar-refractivity contribution in [3.8, 4) is 0 Å². The summed E-state index contributed by atoms with van der Waals surface area (Å²) in [4.78, 5) is 1.98. The molecular weight excluding hydrogens is 252 g/mol. The number of hydrogen-bond donors (Lipinski definition) is 1. The van der Waals surface area contributed by atoms with Gasteiger partial charge in [-0.1, -0.05) is 0 Å². The van der Waals surface area contributed by atoms with Crippen molar-refractivity contribution in [3.63, 3.8) is 0 Å². The molecule has 1 aliphatic heterocycles. The van der Waals surface area contributed by atoms with E-state index in [9.17, 15) is 8.42 Å². The molecule has 7 heteroatoms. The first-order valence-electron chi connectivity index (χ1n) is 6.44. The van der Waals surface area contributed by atoms with Crippen LogP contribution in [0.25, 0.3) is 0 Å². The van der Waals surface area contributed by atoms with E-state index in [0.29, 0.717) is 32.1 Å². The first-order chi connectivity index (χ1) is 8.37. The van der Waals surface area contributed by atoms with Crippen LogP contribution in [0.2, 0.25) is 0 Å². The topological polar surface area (TPSA) is 69.9 Å². The van der Waals surface area contributed by atoms with Crippen molar-refractivity contribution in [1.82, 2.24) is 13.5 Å². The number of likely N-dealkylation sites (N-methyl/N-ethyl adjacent to an activating group) is 2. The van der Waals surface area contributed by atoms with Crippen molar-refractivity contribution in [2.45, 2.75) is 12.8 Å². The second-order valence-corrected chi connectivity index (χ2v) is 7.25. The van der Waals surface area contributed by atoms with E-state index in [-0.39, 0.29) is 0 Å². The number of nitrogens with zero attached hydrogens (tertiary/aromatic N) is 3. The zero-order valence-electron chi connectivity index (χ0n) is 11.7.